The van der Waals surface area contributed by atoms with Gasteiger partial charge in [-0.2, -0.15) is 0 Å². The number of methoxy groups -OCH3 is 1. The number of aromatic nitrogens is 2. The average Bonchev–Trinajstić information content (AvgIpc) is 3.43. The van der Waals surface area contributed by atoms with Gasteiger partial charge in [0, 0.05) is 19.7 Å². The molecule has 1 unspecified atom stereocenters. The SMILES string of the molecule is COc1cc(/C=C2\CCCN3C2=NOC3(C)c2ccccc2OC(F)(F)F)ccc1-n1cnc(C)c1. The van der Waals surface area contributed by atoms with Crippen LogP contribution in [-0.4, -0.2) is 40.3 Å². The lowest BCUT2D eigenvalue weighted by atomic mass is 9.95. The summed E-state index contributed by atoms with van der Waals surface area (Å²) in [5.74, 6) is 0.969. The zero-order valence-electron chi connectivity index (χ0n) is 20.0. The van der Waals surface area contributed by atoms with Crippen LogP contribution in [0.4, 0.5) is 13.2 Å². The largest absolute Gasteiger partial charge is 0.573 e. The lowest BCUT2D eigenvalue weighted by Gasteiger charge is -2.38. The van der Waals surface area contributed by atoms with E-state index >= 15 is 0 Å². The number of nitrogens with zero attached hydrogens (tertiary/aromatic N) is 4. The Labute approximate surface area is 206 Å². The Morgan fingerprint density at radius 1 is 1.14 bits per heavy atom. The van der Waals surface area contributed by atoms with Gasteiger partial charge in [0.2, 0.25) is 5.72 Å². The second-order valence-corrected chi connectivity index (χ2v) is 8.81. The molecule has 2 aliphatic rings. The molecule has 0 aliphatic carbocycles. The summed E-state index contributed by atoms with van der Waals surface area (Å²) in [6.45, 7) is 4.20. The van der Waals surface area contributed by atoms with Gasteiger partial charge in [-0.25, -0.2) is 4.98 Å². The average molecular weight is 499 g/mol. The third-order valence-corrected chi connectivity index (χ3v) is 6.34. The number of benzene rings is 2. The summed E-state index contributed by atoms with van der Waals surface area (Å²) in [5, 5.41) is 4.31. The zero-order chi connectivity index (χ0) is 25.5. The number of aryl methyl sites for hydroxylation is 1. The van der Waals surface area contributed by atoms with Gasteiger partial charge in [0.1, 0.15) is 11.5 Å². The van der Waals surface area contributed by atoms with Crippen LogP contribution in [-0.2, 0) is 10.6 Å². The van der Waals surface area contributed by atoms with Gasteiger partial charge in [0.05, 0.1) is 30.4 Å². The smallest absolute Gasteiger partial charge is 0.495 e. The van der Waals surface area contributed by atoms with Gasteiger partial charge in [-0.3, -0.25) is 0 Å². The monoisotopic (exact) mass is 498 g/mol. The highest BCUT2D eigenvalue weighted by atomic mass is 19.4. The Morgan fingerprint density at radius 2 is 1.94 bits per heavy atom. The van der Waals surface area contributed by atoms with Crippen molar-refractivity contribution in [2.75, 3.05) is 13.7 Å². The highest BCUT2D eigenvalue weighted by Gasteiger charge is 2.48. The highest BCUT2D eigenvalue weighted by molar-refractivity contribution is 6.03. The van der Waals surface area contributed by atoms with Gasteiger partial charge < -0.3 is 23.8 Å². The van der Waals surface area contributed by atoms with E-state index in [0.29, 0.717) is 18.1 Å². The van der Waals surface area contributed by atoms with Crippen molar-refractivity contribution in [1.82, 2.24) is 14.5 Å². The third kappa shape index (κ3) is 4.38. The van der Waals surface area contributed by atoms with Gasteiger partial charge in [-0.05, 0) is 61.2 Å². The number of hydrogen-bond acceptors (Lipinski definition) is 6. The van der Waals surface area contributed by atoms with Crippen LogP contribution in [0.15, 0.2) is 65.7 Å². The van der Waals surface area contributed by atoms with Crippen LogP contribution in [0.1, 0.15) is 36.6 Å². The second-order valence-electron chi connectivity index (χ2n) is 8.81. The number of imidazole rings is 1. The molecule has 7 nitrogen and oxygen atoms in total. The topological polar surface area (TPSA) is 61.1 Å². The van der Waals surface area contributed by atoms with Gasteiger partial charge in [0.25, 0.3) is 0 Å². The number of ether oxygens (including phenoxy) is 2. The van der Waals surface area contributed by atoms with Crippen LogP contribution in [0.3, 0.4) is 0 Å². The molecule has 5 rings (SSSR count). The molecule has 2 aromatic carbocycles. The molecule has 3 aromatic rings. The molecule has 10 heteroatoms. The molecule has 0 amide bonds. The van der Waals surface area contributed by atoms with Crippen molar-refractivity contribution in [3.05, 3.63) is 77.4 Å². The molecule has 0 bridgehead atoms. The zero-order valence-corrected chi connectivity index (χ0v) is 20.0. The number of piperidine rings is 1. The quantitative estimate of drug-likeness (QED) is 0.446. The van der Waals surface area contributed by atoms with Crippen LogP contribution in [0, 0.1) is 6.92 Å². The molecular weight excluding hydrogens is 473 g/mol. The highest BCUT2D eigenvalue weighted by Crippen LogP contribution is 2.44. The van der Waals surface area contributed by atoms with Crippen molar-refractivity contribution >= 4 is 11.9 Å². The number of hydrogen-bond donors (Lipinski definition) is 0. The van der Waals surface area contributed by atoms with E-state index in [0.717, 1.165) is 35.4 Å². The van der Waals surface area contributed by atoms with Crippen molar-refractivity contribution in [1.29, 1.82) is 0 Å². The van der Waals surface area contributed by atoms with Crippen LogP contribution in [0.25, 0.3) is 11.8 Å². The molecule has 0 spiro atoms. The van der Waals surface area contributed by atoms with Crippen molar-refractivity contribution in [2.45, 2.75) is 38.8 Å². The lowest BCUT2D eigenvalue weighted by Crippen LogP contribution is -2.47. The molecular formula is C26H25F3N4O3. The van der Waals surface area contributed by atoms with E-state index in [1.54, 1.807) is 32.5 Å². The Kier molecular flexibility index (Phi) is 5.89. The minimum Gasteiger partial charge on any atom is -0.495 e. The van der Waals surface area contributed by atoms with Crippen molar-refractivity contribution in [2.24, 2.45) is 5.16 Å². The first-order valence-corrected chi connectivity index (χ1v) is 11.5. The van der Waals surface area contributed by atoms with E-state index in [1.807, 2.05) is 46.9 Å². The summed E-state index contributed by atoms with van der Waals surface area (Å²) in [6.07, 6.45) is 2.37. The van der Waals surface area contributed by atoms with Gasteiger partial charge >= 0.3 is 6.36 Å². The number of fused-ring (bicyclic) bond motifs is 1. The van der Waals surface area contributed by atoms with Gasteiger partial charge in [-0.1, -0.05) is 23.4 Å². The summed E-state index contributed by atoms with van der Waals surface area (Å²) in [6, 6.07) is 11.9. The predicted octanol–water partition coefficient (Wildman–Crippen LogP) is 5.78. The summed E-state index contributed by atoms with van der Waals surface area (Å²) >= 11 is 0. The Morgan fingerprint density at radius 3 is 2.67 bits per heavy atom. The van der Waals surface area contributed by atoms with E-state index in [4.69, 9.17) is 9.57 Å². The van der Waals surface area contributed by atoms with Crippen molar-refractivity contribution in [3.8, 4) is 17.2 Å². The molecule has 36 heavy (non-hydrogen) atoms. The predicted molar refractivity (Wildman–Crippen MR) is 128 cm³/mol. The summed E-state index contributed by atoms with van der Waals surface area (Å²) in [4.78, 5) is 12.0. The normalized spacial score (nSPS) is 20.7. The minimum absolute atomic E-state index is 0.254. The maximum absolute atomic E-state index is 13.0. The van der Waals surface area contributed by atoms with Gasteiger partial charge in [-0.15, -0.1) is 13.2 Å². The molecule has 1 aromatic heterocycles. The van der Waals surface area contributed by atoms with Crippen LogP contribution in [0.5, 0.6) is 11.5 Å². The molecule has 1 atom stereocenters. The van der Waals surface area contributed by atoms with Crippen LogP contribution in [0.2, 0.25) is 0 Å². The van der Waals surface area contributed by atoms with E-state index in [9.17, 15) is 13.2 Å². The second kappa shape index (κ2) is 8.92. The first-order chi connectivity index (χ1) is 17.2. The van der Waals surface area contributed by atoms with E-state index in [1.165, 1.54) is 12.1 Å². The summed E-state index contributed by atoms with van der Waals surface area (Å²) in [5.41, 5.74) is 2.60. The molecule has 1 fully saturated rings. The molecule has 0 N–H and O–H groups in total. The van der Waals surface area contributed by atoms with Crippen LogP contribution < -0.4 is 9.47 Å². The number of alkyl halides is 3. The Bertz CT molecular complexity index is 1350. The fraction of sp³-hybridized carbons (Fsp3) is 0.308. The first-order valence-electron chi connectivity index (χ1n) is 11.5. The number of rotatable bonds is 5. The number of halogens is 3. The van der Waals surface area contributed by atoms with E-state index in [2.05, 4.69) is 14.9 Å². The molecule has 1 saturated heterocycles. The number of amidine groups is 1. The first kappa shape index (κ1) is 23.8. The van der Waals surface area contributed by atoms with Crippen molar-refractivity contribution in [3.63, 3.8) is 0 Å². The van der Waals surface area contributed by atoms with E-state index in [-0.39, 0.29) is 11.3 Å². The van der Waals surface area contributed by atoms with Crippen molar-refractivity contribution < 1.29 is 27.5 Å². The molecule has 2 aliphatic heterocycles. The lowest BCUT2D eigenvalue weighted by molar-refractivity contribution is -0.275. The fourth-order valence-electron chi connectivity index (χ4n) is 4.67. The van der Waals surface area contributed by atoms with Crippen LogP contribution >= 0.6 is 0 Å². The maximum Gasteiger partial charge on any atom is 0.573 e. The summed E-state index contributed by atoms with van der Waals surface area (Å²) < 4.78 is 50.9. The number of para-hydroxylation sites is 1. The fourth-order valence-corrected chi connectivity index (χ4v) is 4.67. The molecule has 0 saturated carbocycles. The standard InChI is InChI=1S/C26H25F3N4O3/c1-17-15-32(16-30-17)21-11-10-18(14-23(21)34-3)13-19-7-6-12-33-24(19)31-36-25(33,2)20-8-4-5-9-22(20)35-26(27,28)29/h4-5,8-11,13-16H,6-7,12H2,1-3H3/b19-13+. The third-order valence-electron chi connectivity index (χ3n) is 6.34. The summed E-state index contributed by atoms with van der Waals surface area (Å²) in [7, 11) is 1.61. The Hall–Kier alpha value is -3.95. The molecule has 0 radical (unpaired) electrons. The van der Waals surface area contributed by atoms with Gasteiger partial charge in [0.15, 0.2) is 5.84 Å². The molecule has 3 heterocycles. The maximum atomic E-state index is 13.0. The molecule has 188 valence electrons. The van der Waals surface area contributed by atoms with E-state index < -0.39 is 12.1 Å². The Balaban J connectivity index is 1.46. The minimum atomic E-state index is -4.82. The number of oxime groups is 1.